The third kappa shape index (κ3) is 9.41. The van der Waals surface area contributed by atoms with Crippen molar-refractivity contribution in [3.63, 3.8) is 0 Å². The fourth-order valence-corrected chi connectivity index (χ4v) is 2.98. The number of aliphatic imine (C=N–C) groups is 2. The van der Waals surface area contributed by atoms with Gasteiger partial charge in [0.1, 0.15) is 23.0 Å². The monoisotopic (exact) mass is 440 g/mol. The molecule has 32 heavy (non-hydrogen) atoms. The highest BCUT2D eigenvalue weighted by Crippen LogP contribution is 2.23. The van der Waals surface area contributed by atoms with Crippen molar-refractivity contribution in [2.75, 3.05) is 26.3 Å². The number of aromatic hydroxyl groups is 2. The molecule has 0 bridgehead atoms. The molecule has 0 aromatic heterocycles. The summed E-state index contributed by atoms with van der Waals surface area (Å²) in [6.07, 6.45) is 9.87. The summed E-state index contributed by atoms with van der Waals surface area (Å²) in [4.78, 5) is 8.68. The van der Waals surface area contributed by atoms with E-state index in [1.807, 2.05) is 0 Å². The van der Waals surface area contributed by atoms with Gasteiger partial charge in [-0.15, -0.1) is 0 Å². The number of hydrogen-bond donors (Lipinski definition) is 2. The van der Waals surface area contributed by atoms with Crippen molar-refractivity contribution in [2.45, 2.75) is 52.4 Å². The van der Waals surface area contributed by atoms with E-state index in [1.165, 1.54) is 0 Å². The molecule has 2 aromatic rings. The van der Waals surface area contributed by atoms with Crippen LogP contribution in [0.5, 0.6) is 23.0 Å². The maximum atomic E-state index is 10.0. The molecule has 2 rings (SSSR count). The fourth-order valence-electron chi connectivity index (χ4n) is 2.98. The molecule has 0 aliphatic heterocycles. The number of ether oxygens (including phenoxy) is 2. The molecule has 0 fully saturated rings. The van der Waals surface area contributed by atoms with Crippen molar-refractivity contribution < 1.29 is 19.7 Å². The number of unbranched alkanes of at least 4 members (excludes halogenated alkanes) is 4. The molecule has 0 spiro atoms. The molecular weight excluding hydrogens is 404 g/mol. The Labute approximate surface area is 191 Å². The summed E-state index contributed by atoms with van der Waals surface area (Å²) in [5, 5.41) is 20.1. The minimum Gasteiger partial charge on any atom is -0.507 e. The number of benzene rings is 2. The van der Waals surface area contributed by atoms with Gasteiger partial charge in [-0.05, 0) is 49.2 Å². The Balaban J connectivity index is 1.82. The number of phenolic OH excluding ortho intramolecular Hbond substituents is 2. The highest BCUT2D eigenvalue weighted by molar-refractivity contribution is 5.84. The number of nitrogens with zero attached hydrogens (tertiary/aromatic N) is 2. The van der Waals surface area contributed by atoms with E-state index >= 15 is 0 Å². The molecule has 6 nitrogen and oxygen atoms in total. The topological polar surface area (TPSA) is 83.6 Å². The predicted octanol–water partition coefficient (Wildman–Crippen LogP) is 5.77. The lowest BCUT2D eigenvalue weighted by Crippen LogP contribution is -1.98. The average molecular weight is 441 g/mol. The molecule has 2 N–H and O–H groups in total. The Kier molecular flexibility index (Phi) is 11.7. The molecule has 0 saturated carbocycles. The van der Waals surface area contributed by atoms with Crippen LogP contribution in [0, 0.1) is 0 Å². The third-order valence-electron chi connectivity index (χ3n) is 4.85. The molecular formula is C26H36N2O4. The Bertz CT molecular complexity index is 793. The van der Waals surface area contributed by atoms with Crippen molar-refractivity contribution in [1.82, 2.24) is 0 Å². The van der Waals surface area contributed by atoms with Gasteiger partial charge in [0.15, 0.2) is 0 Å². The molecule has 174 valence electrons. The van der Waals surface area contributed by atoms with Gasteiger partial charge in [0.05, 0.1) is 26.3 Å². The Morgan fingerprint density at radius 2 is 1.12 bits per heavy atom. The van der Waals surface area contributed by atoms with Crippen molar-refractivity contribution in [1.29, 1.82) is 0 Å². The van der Waals surface area contributed by atoms with Crippen LogP contribution < -0.4 is 9.47 Å². The maximum Gasteiger partial charge on any atom is 0.124 e. The maximum absolute atomic E-state index is 10.0. The van der Waals surface area contributed by atoms with E-state index < -0.39 is 0 Å². The fraction of sp³-hybridized carbons (Fsp3) is 0.462. The summed E-state index contributed by atoms with van der Waals surface area (Å²) in [5.74, 6) is 1.79. The van der Waals surface area contributed by atoms with Crippen LogP contribution in [-0.4, -0.2) is 48.9 Å². The van der Waals surface area contributed by atoms with E-state index in [4.69, 9.17) is 9.47 Å². The van der Waals surface area contributed by atoms with E-state index in [9.17, 15) is 10.2 Å². The van der Waals surface area contributed by atoms with Crippen LogP contribution >= 0.6 is 0 Å². The van der Waals surface area contributed by atoms with Gasteiger partial charge in [-0.3, -0.25) is 9.98 Å². The summed E-state index contributed by atoms with van der Waals surface area (Å²) in [6, 6.07) is 10.3. The van der Waals surface area contributed by atoms with Crippen molar-refractivity contribution in [3.05, 3.63) is 47.5 Å². The lowest BCUT2D eigenvalue weighted by atomic mass is 10.2. The smallest absolute Gasteiger partial charge is 0.124 e. The quantitative estimate of drug-likeness (QED) is 0.272. The first-order chi connectivity index (χ1) is 15.6. The molecule has 0 atom stereocenters. The molecule has 0 amide bonds. The SMILES string of the molecule is CCCCCOc1ccc(O)c(C=NCCN=Cc2cc(OCCCCC)ccc2O)c1. The van der Waals surface area contributed by atoms with Crippen LogP contribution in [-0.2, 0) is 0 Å². The summed E-state index contributed by atoms with van der Waals surface area (Å²) in [7, 11) is 0. The first-order valence-electron chi connectivity index (χ1n) is 11.5. The second-order valence-electron chi connectivity index (χ2n) is 7.62. The minimum atomic E-state index is 0.166. The van der Waals surface area contributed by atoms with Crippen molar-refractivity contribution in [3.8, 4) is 23.0 Å². The van der Waals surface area contributed by atoms with Gasteiger partial charge in [0, 0.05) is 23.6 Å². The van der Waals surface area contributed by atoms with E-state index in [-0.39, 0.29) is 11.5 Å². The molecule has 0 saturated heterocycles. The predicted molar refractivity (Wildman–Crippen MR) is 131 cm³/mol. The Morgan fingerprint density at radius 3 is 1.53 bits per heavy atom. The highest BCUT2D eigenvalue weighted by atomic mass is 16.5. The van der Waals surface area contributed by atoms with E-state index in [0.717, 1.165) is 50.0 Å². The van der Waals surface area contributed by atoms with Crippen LogP contribution in [0.4, 0.5) is 0 Å². The number of hydrogen-bond acceptors (Lipinski definition) is 6. The Morgan fingerprint density at radius 1 is 0.688 bits per heavy atom. The van der Waals surface area contributed by atoms with Gasteiger partial charge in [-0.1, -0.05) is 39.5 Å². The summed E-state index contributed by atoms with van der Waals surface area (Å²) in [5.41, 5.74) is 1.24. The van der Waals surface area contributed by atoms with Gasteiger partial charge in [-0.25, -0.2) is 0 Å². The van der Waals surface area contributed by atoms with Crippen molar-refractivity contribution >= 4 is 12.4 Å². The molecule has 0 radical (unpaired) electrons. The molecule has 6 heteroatoms. The number of phenols is 2. The van der Waals surface area contributed by atoms with Gasteiger partial charge in [0.2, 0.25) is 0 Å². The summed E-state index contributed by atoms with van der Waals surface area (Å²) >= 11 is 0. The first-order valence-corrected chi connectivity index (χ1v) is 11.5. The second kappa shape index (κ2) is 14.9. The Hall–Kier alpha value is -3.02. The lowest BCUT2D eigenvalue weighted by molar-refractivity contribution is 0.305. The molecule has 2 aromatic carbocycles. The highest BCUT2D eigenvalue weighted by Gasteiger charge is 2.03. The minimum absolute atomic E-state index is 0.166. The van der Waals surface area contributed by atoms with Crippen LogP contribution in [0.2, 0.25) is 0 Å². The molecule has 0 aliphatic carbocycles. The zero-order valence-electron chi connectivity index (χ0n) is 19.3. The number of rotatable bonds is 15. The molecule has 0 aliphatic rings. The summed E-state index contributed by atoms with van der Waals surface area (Å²) < 4.78 is 11.4. The van der Waals surface area contributed by atoms with Crippen LogP contribution in [0.1, 0.15) is 63.5 Å². The summed E-state index contributed by atoms with van der Waals surface area (Å²) in [6.45, 7) is 6.58. The molecule has 0 unspecified atom stereocenters. The van der Waals surface area contributed by atoms with Crippen LogP contribution in [0.15, 0.2) is 46.4 Å². The van der Waals surface area contributed by atoms with E-state index in [1.54, 1.807) is 48.8 Å². The lowest BCUT2D eigenvalue weighted by Gasteiger charge is -2.07. The zero-order chi connectivity index (χ0) is 23.0. The standard InChI is InChI=1S/C26H36N2O4/c1-3-5-7-15-31-23-9-11-25(29)21(17-23)19-27-13-14-28-20-22-18-24(10-12-26(22)30)32-16-8-6-4-2/h9-12,17-20,29-30H,3-8,13-16H2,1-2H3. The van der Waals surface area contributed by atoms with Crippen LogP contribution in [0.25, 0.3) is 0 Å². The average Bonchev–Trinajstić information content (AvgIpc) is 2.80. The van der Waals surface area contributed by atoms with Gasteiger partial charge in [-0.2, -0.15) is 0 Å². The second-order valence-corrected chi connectivity index (χ2v) is 7.62. The first kappa shape index (κ1) is 25.2. The zero-order valence-corrected chi connectivity index (χ0v) is 19.3. The molecule has 0 heterocycles. The van der Waals surface area contributed by atoms with E-state index in [0.29, 0.717) is 37.4 Å². The largest absolute Gasteiger partial charge is 0.507 e. The normalized spacial score (nSPS) is 11.4. The van der Waals surface area contributed by atoms with Crippen LogP contribution in [0.3, 0.4) is 0 Å². The third-order valence-corrected chi connectivity index (χ3v) is 4.85. The van der Waals surface area contributed by atoms with Crippen molar-refractivity contribution in [2.24, 2.45) is 9.98 Å². The van der Waals surface area contributed by atoms with Gasteiger partial charge < -0.3 is 19.7 Å². The van der Waals surface area contributed by atoms with E-state index in [2.05, 4.69) is 23.8 Å². The van der Waals surface area contributed by atoms with Gasteiger partial charge in [0.25, 0.3) is 0 Å². The van der Waals surface area contributed by atoms with Gasteiger partial charge >= 0.3 is 0 Å².